The van der Waals surface area contributed by atoms with E-state index in [-0.39, 0.29) is 0 Å². The maximum absolute atomic E-state index is 3.36. The lowest BCUT2D eigenvalue weighted by atomic mass is 10.1. The van der Waals surface area contributed by atoms with Gasteiger partial charge in [-0.05, 0) is 68.9 Å². The molecule has 2 nitrogen and oxygen atoms in total. The van der Waals surface area contributed by atoms with Crippen LogP contribution in [0.15, 0.2) is 47.5 Å². The molecule has 0 aliphatic rings. The lowest BCUT2D eigenvalue weighted by Gasteiger charge is -2.18. The smallest absolute Gasteiger partial charge is 0.0456 e. The van der Waals surface area contributed by atoms with E-state index in [1.807, 2.05) is 11.9 Å². The Morgan fingerprint density at radius 3 is 2.48 bits per heavy atom. The number of rotatable bonds is 5. The molecule has 3 heteroatoms. The molecule has 0 fully saturated rings. The van der Waals surface area contributed by atoms with Gasteiger partial charge in [0.05, 0.1) is 0 Å². The van der Waals surface area contributed by atoms with Crippen molar-refractivity contribution in [2.45, 2.75) is 32.1 Å². The van der Waals surface area contributed by atoms with Gasteiger partial charge in [0.15, 0.2) is 0 Å². The number of para-hydroxylation sites is 1. The number of benzene rings is 2. The summed E-state index contributed by atoms with van der Waals surface area (Å²) in [4.78, 5) is 4.75. The Labute approximate surface area is 143 Å². The van der Waals surface area contributed by atoms with E-state index in [0.29, 0.717) is 0 Å². The second-order valence-electron chi connectivity index (χ2n) is 6.28. The van der Waals surface area contributed by atoms with Gasteiger partial charge < -0.3 is 4.98 Å². The molecule has 0 aliphatic heterocycles. The van der Waals surface area contributed by atoms with E-state index in [4.69, 9.17) is 0 Å². The number of aryl methyl sites for hydroxylation is 3. The average molecular weight is 324 g/mol. The number of likely N-dealkylation sites (N-methyl/N-ethyl adjacent to an activating group) is 1. The Balaban J connectivity index is 1.67. The highest BCUT2D eigenvalue weighted by Gasteiger charge is 2.10. The highest BCUT2D eigenvalue weighted by Crippen LogP contribution is 2.30. The third-order valence-corrected chi connectivity index (χ3v) is 5.54. The largest absolute Gasteiger partial charge is 0.361 e. The molecule has 1 aromatic heterocycles. The standard InChI is InChI=1S/C20H24N2S/c1-14-11-15(2)20(16(3)12-14)23-22(4)10-9-17-13-21-19-8-6-5-7-18(17)19/h5-8,11-13,21H,9-10H2,1-4H3. The number of hydrogen-bond acceptors (Lipinski definition) is 2. The van der Waals surface area contributed by atoms with Crippen LogP contribution in [0.1, 0.15) is 22.3 Å². The minimum atomic E-state index is 1.03. The Kier molecular flexibility index (Phi) is 4.79. The van der Waals surface area contributed by atoms with Gasteiger partial charge in [0.2, 0.25) is 0 Å². The first kappa shape index (κ1) is 16.2. The van der Waals surface area contributed by atoms with Crippen molar-refractivity contribution in [2.24, 2.45) is 0 Å². The summed E-state index contributed by atoms with van der Waals surface area (Å²) >= 11 is 1.86. The molecule has 23 heavy (non-hydrogen) atoms. The molecule has 0 unspecified atom stereocenters. The number of fused-ring (bicyclic) bond motifs is 1. The van der Waals surface area contributed by atoms with Crippen LogP contribution < -0.4 is 0 Å². The molecule has 3 rings (SSSR count). The molecule has 0 radical (unpaired) electrons. The molecule has 2 aromatic carbocycles. The Morgan fingerprint density at radius 2 is 1.74 bits per heavy atom. The molecule has 1 N–H and O–H groups in total. The number of hydrogen-bond donors (Lipinski definition) is 1. The second kappa shape index (κ2) is 6.81. The maximum atomic E-state index is 3.36. The highest BCUT2D eigenvalue weighted by atomic mass is 32.2. The van der Waals surface area contributed by atoms with Gasteiger partial charge in [0.25, 0.3) is 0 Å². The van der Waals surface area contributed by atoms with E-state index in [0.717, 1.165) is 13.0 Å². The summed E-state index contributed by atoms with van der Waals surface area (Å²) in [5.74, 6) is 0. The van der Waals surface area contributed by atoms with Gasteiger partial charge >= 0.3 is 0 Å². The van der Waals surface area contributed by atoms with Crippen molar-refractivity contribution in [3.05, 3.63) is 64.8 Å². The van der Waals surface area contributed by atoms with Crippen LogP contribution in [0.25, 0.3) is 10.9 Å². The van der Waals surface area contributed by atoms with Gasteiger partial charge in [-0.1, -0.05) is 35.9 Å². The Bertz CT molecular complexity index is 796. The zero-order chi connectivity index (χ0) is 16.4. The molecule has 0 spiro atoms. The SMILES string of the molecule is Cc1cc(C)c(SN(C)CCc2c[nH]c3ccccc23)c(C)c1. The minimum absolute atomic E-state index is 1.03. The van der Waals surface area contributed by atoms with Crippen LogP contribution in [0, 0.1) is 20.8 Å². The number of aromatic amines is 1. The fourth-order valence-corrected chi connectivity index (χ4v) is 4.03. The second-order valence-corrected chi connectivity index (χ2v) is 7.49. The highest BCUT2D eigenvalue weighted by molar-refractivity contribution is 7.97. The Hall–Kier alpha value is -1.71. The first-order valence-electron chi connectivity index (χ1n) is 8.06. The minimum Gasteiger partial charge on any atom is -0.361 e. The first-order valence-corrected chi connectivity index (χ1v) is 8.84. The molecule has 0 bridgehead atoms. The van der Waals surface area contributed by atoms with Gasteiger partial charge in [-0.2, -0.15) is 0 Å². The monoisotopic (exact) mass is 324 g/mol. The van der Waals surface area contributed by atoms with Crippen molar-refractivity contribution >= 4 is 22.9 Å². The van der Waals surface area contributed by atoms with Crippen LogP contribution in [0.4, 0.5) is 0 Å². The number of nitrogens with zero attached hydrogens (tertiary/aromatic N) is 1. The third-order valence-electron chi connectivity index (χ3n) is 4.22. The van der Waals surface area contributed by atoms with Gasteiger partial charge in [0.1, 0.15) is 0 Å². The van der Waals surface area contributed by atoms with E-state index in [2.05, 4.69) is 79.7 Å². The van der Waals surface area contributed by atoms with Crippen molar-refractivity contribution in [2.75, 3.05) is 13.6 Å². The fourth-order valence-electron chi connectivity index (χ4n) is 3.13. The molecule has 120 valence electrons. The molecular weight excluding hydrogens is 300 g/mol. The molecule has 3 aromatic rings. The summed E-state index contributed by atoms with van der Waals surface area (Å²) in [7, 11) is 2.18. The summed E-state index contributed by atoms with van der Waals surface area (Å²) in [6.07, 6.45) is 3.20. The van der Waals surface area contributed by atoms with Crippen LogP contribution in [0.3, 0.4) is 0 Å². The number of nitrogens with one attached hydrogen (secondary N) is 1. The predicted octanol–water partition coefficient (Wildman–Crippen LogP) is 5.27. The zero-order valence-corrected chi connectivity index (χ0v) is 15.1. The van der Waals surface area contributed by atoms with Crippen molar-refractivity contribution in [1.29, 1.82) is 0 Å². The van der Waals surface area contributed by atoms with Crippen molar-refractivity contribution in [3.63, 3.8) is 0 Å². The van der Waals surface area contributed by atoms with Gasteiger partial charge in [-0.3, -0.25) is 0 Å². The normalized spacial score (nSPS) is 11.5. The van der Waals surface area contributed by atoms with E-state index in [1.165, 1.54) is 38.1 Å². The molecule has 0 amide bonds. The van der Waals surface area contributed by atoms with E-state index in [9.17, 15) is 0 Å². The van der Waals surface area contributed by atoms with Crippen LogP contribution in [0.2, 0.25) is 0 Å². The van der Waals surface area contributed by atoms with Gasteiger partial charge in [0, 0.05) is 28.5 Å². The molecular formula is C20H24N2S. The fraction of sp³-hybridized carbons (Fsp3) is 0.300. The van der Waals surface area contributed by atoms with Crippen LogP contribution in [-0.4, -0.2) is 22.9 Å². The lowest BCUT2D eigenvalue weighted by Crippen LogP contribution is -2.13. The quantitative estimate of drug-likeness (QED) is 0.644. The summed E-state index contributed by atoms with van der Waals surface area (Å²) in [6.45, 7) is 7.60. The zero-order valence-electron chi connectivity index (χ0n) is 14.3. The lowest BCUT2D eigenvalue weighted by molar-refractivity contribution is 0.569. The van der Waals surface area contributed by atoms with Gasteiger partial charge in [-0.25, -0.2) is 4.31 Å². The summed E-state index contributed by atoms with van der Waals surface area (Å²) in [5, 5.41) is 1.34. The third kappa shape index (κ3) is 3.62. The van der Waals surface area contributed by atoms with Crippen molar-refractivity contribution in [1.82, 2.24) is 9.29 Å². The molecule has 0 aliphatic carbocycles. The Morgan fingerprint density at radius 1 is 1.04 bits per heavy atom. The summed E-state index contributed by atoms with van der Waals surface area (Å²) in [6, 6.07) is 13.1. The first-order chi connectivity index (χ1) is 11.0. The van der Waals surface area contributed by atoms with Crippen molar-refractivity contribution in [3.8, 4) is 0 Å². The van der Waals surface area contributed by atoms with E-state index < -0.39 is 0 Å². The summed E-state index contributed by atoms with van der Waals surface area (Å²) in [5.41, 5.74) is 6.69. The van der Waals surface area contributed by atoms with Crippen molar-refractivity contribution < 1.29 is 0 Å². The molecule has 0 saturated heterocycles. The topological polar surface area (TPSA) is 19.0 Å². The summed E-state index contributed by atoms with van der Waals surface area (Å²) < 4.78 is 2.34. The predicted molar refractivity (Wildman–Crippen MR) is 101 cm³/mol. The van der Waals surface area contributed by atoms with Crippen LogP contribution in [-0.2, 0) is 6.42 Å². The van der Waals surface area contributed by atoms with Crippen LogP contribution >= 0.6 is 11.9 Å². The van der Waals surface area contributed by atoms with Gasteiger partial charge in [-0.15, -0.1) is 0 Å². The van der Waals surface area contributed by atoms with Crippen LogP contribution in [0.5, 0.6) is 0 Å². The molecule has 1 heterocycles. The number of aromatic nitrogens is 1. The maximum Gasteiger partial charge on any atom is 0.0456 e. The number of H-pyrrole nitrogens is 1. The van der Waals surface area contributed by atoms with E-state index >= 15 is 0 Å². The molecule has 0 saturated carbocycles. The van der Waals surface area contributed by atoms with E-state index in [1.54, 1.807) is 0 Å². The average Bonchev–Trinajstić information content (AvgIpc) is 2.92. The molecule has 0 atom stereocenters.